The molecule has 1 amide bonds. The second kappa shape index (κ2) is 7.99. The number of amides is 1. The molecule has 1 aliphatic carbocycles. The fraction of sp³-hybridized carbons (Fsp3) is 0.300. The maximum absolute atomic E-state index is 12.2. The van der Waals surface area contributed by atoms with E-state index in [4.69, 9.17) is 9.15 Å². The van der Waals surface area contributed by atoms with E-state index in [0.717, 1.165) is 42.4 Å². The molecule has 0 aliphatic heterocycles. The van der Waals surface area contributed by atoms with Gasteiger partial charge in [0.15, 0.2) is 0 Å². The van der Waals surface area contributed by atoms with Gasteiger partial charge in [-0.05, 0) is 36.6 Å². The maximum atomic E-state index is 12.2. The lowest BCUT2D eigenvalue weighted by Gasteiger charge is -2.22. The number of carbonyl (C=O) groups excluding carboxylic acids is 1. The standard InChI is InChI=1S/C20H20N4O3/c25-20(23-17-6-2-1-3-7-17)27-18-8-4-5-14(10-18)15-9-16(12-21-11-15)19-24-22-13-26-19/h4-5,8-13,17H,1-3,6-7H2,(H,23,25). The molecule has 2 aromatic heterocycles. The molecule has 2 heterocycles. The molecule has 7 heteroatoms. The molecule has 1 fully saturated rings. The van der Waals surface area contributed by atoms with Crippen LogP contribution in [0.4, 0.5) is 4.79 Å². The molecule has 27 heavy (non-hydrogen) atoms. The Labute approximate surface area is 156 Å². The van der Waals surface area contributed by atoms with Gasteiger partial charge >= 0.3 is 6.09 Å². The number of hydrogen-bond acceptors (Lipinski definition) is 6. The van der Waals surface area contributed by atoms with Crippen molar-refractivity contribution in [1.82, 2.24) is 20.5 Å². The van der Waals surface area contributed by atoms with Gasteiger partial charge in [0.1, 0.15) is 5.75 Å². The van der Waals surface area contributed by atoms with Gasteiger partial charge in [-0.1, -0.05) is 31.4 Å². The quantitative estimate of drug-likeness (QED) is 0.745. The van der Waals surface area contributed by atoms with E-state index in [1.165, 1.54) is 12.8 Å². The minimum absolute atomic E-state index is 0.213. The molecule has 3 aromatic rings. The van der Waals surface area contributed by atoms with Gasteiger partial charge in [-0.25, -0.2) is 4.79 Å². The molecule has 7 nitrogen and oxygen atoms in total. The average molecular weight is 364 g/mol. The number of nitrogens with one attached hydrogen (secondary N) is 1. The number of ether oxygens (including phenoxy) is 1. The number of pyridine rings is 1. The monoisotopic (exact) mass is 364 g/mol. The Morgan fingerprint density at radius 3 is 2.74 bits per heavy atom. The van der Waals surface area contributed by atoms with Crippen LogP contribution in [0.3, 0.4) is 0 Å². The highest BCUT2D eigenvalue weighted by molar-refractivity contribution is 5.73. The highest BCUT2D eigenvalue weighted by Gasteiger charge is 2.17. The number of nitrogens with zero attached hydrogens (tertiary/aromatic N) is 3. The summed E-state index contributed by atoms with van der Waals surface area (Å²) in [6.07, 6.45) is 9.86. The highest BCUT2D eigenvalue weighted by atomic mass is 16.6. The maximum Gasteiger partial charge on any atom is 0.412 e. The van der Waals surface area contributed by atoms with Crippen molar-refractivity contribution >= 4 is 6.09 Å². The number of rotatable bonds is 4. The van der Waals surface area contributed by atoms with E-state index in [2.05, 4.69) is 20.5 Å². The largest absolute Gasteiger partial charge is 0.423 e. The van der Waals surface area contributed by atoms with Crippen molar-refractivity contribution < 1.29 is 13.9 Å². The lowest BCUT2D eigenvalue weighted by atomic mass is 9.96. The third kappa shape index (κ3) is 4.31. The van der Waals surface area contributed by atoms with Crippen molar-refractivity contribution in [3.8, 4) is 28.3 Å². The fourth-order valence-corrected chi connectivity index (χ4v) is 3.30. The highest BCUT2D eigenvalue weighted by Crippen LogP contribution is 2.27. The van der Waals surface area contributed by atoms with E-state index in [1.807, 2.05) is 24.3 Å². The number of hydrogen-bond donors (Lipinski definition) is 1. The van der Waals surface area contributed by atoms with E-state index in [9.17, 15) is 4.79 Å². The zero-order valence-electron chi connectivity index (χ0n) is 14.8. The third-order valence-corrected chi connectivity index (χ3v) is 4.65. The molecule has 4 rings (SSSR count). The van der Waals surface area contributed by atoms with Crippen LogP contribution in [-0.4, -0.2) is 27.3 Å². The lowest BCUT2D eigenvalue weighted by molar-refractivity contribution is 0.192. The van der Waals surface area contributed by atoms with Gasteiger partial charge in [0.25, 0.3) is 0 Å². The van der Waals surface area contributed by atoms with Gasteiger partial charge in [0.2, 0.25) is 12.3 Å². The van der Waals surface area contributed by atoms with Crippen LogP contribution < -0.4 is 10.1 Å². The summed E-state index contributed by atoms with van der Waals surface area (Å²) in [5.41, 5.74) is 2.47. The molecule has 1 aliphatic rings. The first-order valence-corrected chi connectivity index (χ1v) is 9.08. The summed E-state index contributed by atoms with van der Waals surface area (Å²) in [6.45, 7) is 0. The molecule has 0 radical (unpaired) electrons. The molecule has 0 spiro atoms. The third-order valence-electron chi connectivity index (χ3n) is 4.65. The van der Waals surface area contributed by atoms with Gasteiger partial charge in [-0.2, -0.15) is 0 Å². The second-order valence-electron chi connectivity index (χ2n) is 6.60. The molecule has 1 N–H and O–H groups in total. The molecule has 1 aromatic carbocycles. The molecule has 0 saturated heterocycles. The number of benzene rings is 1. The normalized spacial score (nSPS) is 14.7. The predicted molar refractivity (Wildman–Crippen MR) is 99.0 cm³/mol. The van der Waals surface area contributed by atoms with Crippen LogP contribution in [0.5, 0.6) is 5.75 Å². The zero-order valence-corrected chi connectivity index (χ0v) is 14.8. The van der Waals surface area contributed by atoms with Gasteiger partial charge < -0.3 is 14.5 Å². The smallest absolute Gasteiger partial charge is 0.412 e. The van der Waals surface area contributed by atoms with Crippen LogP contribution >= 0.6 is 0 Å². The minimum Gasteiger partial charge on any atom is -0.423 e. The van der Waals surface area contributed by atoms with Crippen LogP contribution in [0.15, 0.2) is 53.5 Å². The van der Waals surface area contributed by atoms with E-state index in [0.29, 0.717) is 11.6 Å². The summed E-state index contributed by atoms with van der Waals surface area (Å²) in [6, 6.07) is 9.47. The summed E-state index contributed by atoms with van der Waals surface area (Å²) in [4.78, 5) is 16.4. The van der Waals surface area contributed by atoms with E-state index in [1.54, 1.807) is 18.5 Å². The Kier molecular flexibility index (Phi) is 5.09. The van der Waals surface area contributed by atoms with Crippen LogP contribution in [0.2, 0.25) is 0 Å². The Balaban J connectivity index is 1.47. The number of carbonyl (C=O) groups is 1. The summed E-state index contributed by atoms with van der Waals surface area (Å²) in [7, 11) is 0. The summed E-state index contributed by atoms with van der Waals surface area (Å²) in [5.74, 6) is 0.896. The minimum atomic E-state index is -0.406. The molecule has 1 saturated carbocycles. The Hall–Kier alpha value is -3.22. The SMILES string of the molecule is O=C(NC1CCCCC1)Oc1cccc(-c2cncc(-c3nnco3)c2)c1. The fourth-order valence-electron chi connectivity index (χ4n) is 3.30. The summed E-state index contributed by atoms with van der Waals surface area (Å²) >= 11 is 0. The van der Waals surface area contributed by atoms with Crippen molar-refractivity contribution in [2.24, 2.45) is 0 Å². The molecular formula is C20H20N4O3. The van der Waals surface area contributed by atoms with E-state index < -0.39 is 6.09 Å². The van der Waals surface area contributed by atoms with Crippen molar-refractivity contribution in [3.63, 3.8) is 0 Å². The predicted octanol–water partition coefficient (Wildman–Crippen LogP) is 4.22. The van der Waals surface area contributed by atoms with Gasteiger partial charge in [0, 0.05) is 24.0 Å². The van der Waals surface area contributed by atoms with Crippen LogP contribution in [0.1, 0.15) is 32.1 Å². The van der Waals surface area contributed by atoms with E-state index in [-0.39, 0.29) is 6.04 Å². The Morgan fingerprint density at radius 2 is 1.93 bits per heavy atom. The van der Waals surface area contributed by atoms with Crippen LogP contribution in [-0.2, 0) is 0 Å². The van der Waals surface area contributed by atoms with Crippen molar-refractivity contribution in [2.75, 3.05) is 0 Å². The molecule has 138 valence electrons. The topological polar surface area (TPSA) is 90.1 Å². The van der Waals surface area contributed by atoms with Gasteiger partial charge in [0.05, 0.1) is 5.56 Å². The van der Waals surface area contributed by atoms with Crippen LogP contribution in [0.25, 0.3) is 22.6 Å². The average Bonchev–Trinajstić information content (AvgIpc) is 3.24. The Bertz CT molecular complexity index is 905. The Morgan fingerprint density at radius 1 is 1.07 bits per heavy atom. The van der Waals surface area contributed by atoms with Crippen molar-refractivity contribution in [1.29, 1.82) is 0 Å². The second-order valence-corrected chi connectivity index (χ2v) is 6.60. The zero-order chi connectivity index (χ0) is 18.5. The molecule has 0 atom stereocenters. The number of aromatic nitrogens is 3. The first-order chi connectivity index (χ1) is 13.3. The molecular weight excluding hydrogens is 344 g/mol. The van der Waals surface area contributed by atoms with Crippen LogP contribution in [0, 0.1) is 0 Å². The van der Waals surface area contributed by atoms with Crippen molar-refractivity contribution in [2.45, 2.75) is 38.1 Å². The first-order valence-electron chi connectivity index (χ1n) is 9.08. The van der Waals surface area contributed by atoms with E-state index >= 15 is 0 Å². The van der Waals surface area contributed by atoms with Gasteiger partial charge in [-0.15, -0.1) is 10.2 Å². The molecule has 0 bridgehead atoms. The summed E-state index contributed by atoms with van der Waals surface area (Å²) in [5, 5.41) is 10.5. The summed E-state index contributed by atoms with van der Waals surface area (Å²) < 4.78 is 10.7. The first kappa shape index (κ1) is 17.2. The molecule has 0 unspecified atom stereocenters. The van der Waals surface area contributed by atoms with Gasteiger partial charge in [-0.3, -0.25) is 4.98 Å². The lowest BCUT2D eigenvalue weighted by Crippen LogP contribution is -2.37. The van der Waals surface area contributed by atoms with Crippen molar-refractivity contribution in [3.05, 3.63) is 49.1 Å².